The molecular weight excluding hydrogens is 803 g/mol. The number of likely N-dealkylation sites (N-methyl/N-ethyl adjacent to an activating group) is 2. The lowest BCUT2D eigenvalue weighted by Crippen LogP contribution is -2.43. The Morgan fingerprint density at radius 3 is 2.61 bits per heavy atom. The highest BCUT2D eigenvalue weighted by Gasteiger charge is 2.50. The van der Waals surface area contributed by atoms with Crippen molar-refractivity contribution >= 4 is 55.3 Å². The number of nitrogens with zero attached hydrogens (tertiary/aromatic N) is 7. The van der Waals surface area contributed by atoms with Gasteiger partial charge in [0.15, 0.2) is 5.82 Å². The summed E-state index contributed by atoms with van der Waals surface area (Å²) in [6.07, 6.45) is -5.15. The smallest absolute Gasteiger partial charge is 0.417 e. The van der Waals surface area contributed by atoms with Crippen molar-refractivity contribution in [2.45, 2.75) is 88.9 Å². The molecule has 2 aromatic heterocycles. The Bertz CT molecular complexity index is 2420. The first-order valence-corrected chi connectivity index (χ1v) is 20.2. The highest BCUT2D eigenvalue weighted by Crippen LogP contribution is 2.49. The van der Waals surface area contributed by atoms with Crippen molar-refractivity contribution in [1.29, 1.82) is 5.26 Å². The quantitative estimate of drug-likeness (QED) is 0.174. The highest BCUT2D eigenvalue weighted by atomic mass is 32.1. The van der Waals surface area contributed by atoms with Gasteiger partial charge in [0, 0.05) is 56.0 Å². The van der Waals surface area contributed by atoms with Crippen LogP contribution in [0.15, 0.2) is 18.2 Å². The third kappa shape index (κ3) is 7.11. The lowest BCUT2D eigenvalue weighted by Gasteiger charge is -2.32. The Morgan fingerprint density at radius 2 is 1.93 bits per heavy atom. The van der Waals surface area contributed by atoms with E-state index in [1.807, 2.05) is 11.0 Å². The van der Waals surface area contributed by atoms with E-state index in [1.165, 1.54) is 0 Å². The van der Waals surface area contributed by atoms with Gasteiger partial charge in [0.1, 0.15) is 46.6 Å². The van der Waals surface area contributed by atoms with E-state index in [1.54, 1.807) is 49.4 Å². The van der Waals surface area contributed by atoms with E-state index < -0.39 is 75.0 Å². The van der Waals surface area contributed by atoms with Gasteiger partial charge in [-0.25, -0.2) is 22.8 Å². The van der Waals surface area contributed by atoms with Crippen molar-refractivity contribution in [2.75, 3.05) is 56.6 Å². The Hall–Kier alpha value is -5.09. The molecule has 0 aliphatic carbocycles. The van der Waals surface area contributed by atoms with Crippen molar-refractivity contribution in [3.05, 3.63) is 41.0 Å². The standard InChI is InChI=1S/C40H42F6N8O4S/c1-6-53(22-12-21-17-51(5)37(56)54(21)18-22)33-24-13-26(40(44,45)46)29(30(43)31(24)48-35(49-33)57-19-39-10-7-11-52(39)16-20(41)14-39)23-8-9-27(42)32-28(23)25(15-47)34(59-32)50-36(55)58-38(2,3)4/h8-9,13,20-22H,6-7,10-12,14,16-19H2,1-5H3,(H,50,55)/t20-,21+,22+,39+/m1/s1. The van der Waals surface area contributed by atoms with E-state index in [0.29, 0.717) is 37.3 Å². The van der Waals surface area contributed by atoms with Crippen LogP contribution in [0.4, 0.5) is 46.8 Å². The van der Waals surface area contributed by atoms with Gasteiger partial charge in [0.05, 0.1) is 33.4 Å². The maximum Gasteiger partial charge on any atom is 0.417 e. The second-order valence-electron chi connectivity index (χ2n) is 16.7. The summed E-state index contributed by atoms with van der Waals surface area (Å²) in [6.45, 7) is 8.33. The molecule has 0 radical (unpaired) electrons. The van der Waals surface area contributed by atoms with Crippen LogP contribution in [0.5, 0.6) is 6.01 Å². The molecule has 0 spiro atoms. The number of carbonyl (C=O) groups excluding carboxylic acids is 2. The van der Waals surface area contributed by atoms with E-state index in [0.717, 1.165) is 24.6 Å². The maximum absolute atomic E-state index is 17.6. The molecule has 4 aliphatic rings. The first kappa shape index (κ1) is 40.7. The van der Waals surface area contributed by atoms with Gasteiger partial charge in [0.25, 0.3) is 0 Å². The number of hydrogen-bond donors (Lipinski definition) is 1. The fraction of sp³-hybridized carbons (Fsp3) is 0.525. The van der Waals surface area contributed by atoms with Crippen LogP contribution >= 0.6 is 11.3 Å². The number of anilines is 2. The fourth-order valence-corrected chi connectivity index (χ4v) is 10.4. The molecule has 2 aromatic carbocycles. The van der Waals surface area contributed by atoms with Gasteiger partial charge in [-0.15, -0.1) is 11.3 Å². The molecule has 314 valence electrons. The van der Waals surface area contributed by atoms with E-state index in [2.05, 4.69) is 15.3 Å². The predicted molar refractivity (Wildman–Crippen MR) is 208 cm³/mol. The van der Waals surface area contributed by atoms with Crippen LogP contribution in [0.25, 0.3) is 32.1 Å². The SMILES string of the molecule is CCN(c1nc(OC[C@@]23CCCN2C[C@H](F)C3)nc2c(F)c(-c3ccc(F)c4sc(NC(=O)OC(C)(C)C)c(C#N)c34)c(C(F)(F)F)cc12)[C@H]1C[C@H]2CN(C)C(=O)N2C1. The molecule has 4 atom stereocenters. The topological polar surface area (TPSA) is 127 Å². The Balaban J connectivity index is 1.32. The largest absolute Gasteiger partial charge is 0.461 e. The molecule has 4 aromatic rings. The molecule has 0 unspecified atom stereocenters. The molecule has 8 rings (SSSR count). The van der Waals surface area contributed by atoms with Crippen LogP contribution in [0.3, 0.4) is 0 Å². The molecule has 0 saturated carbocycles. The number of urea groups is 1. The summed E-state index contributed by atoms with van der Waals surface area (Å²) in [5.41, 5.74) is -5.45. The van der Waals surface area contributed by atoms with E-state index >= 15 is 22.0 Å². The van der Waals surface area contributed by atoms with E-state index in [9.17, 15) is 19.2 Å². The minimum absolute atomic E-state index is 0.0488. The molecule has 6 heterocycles. The van der Waals surface area contributed by atoms with E-state index in [-0.39, 0.29) is 77.0 Å². The fourth-order valence-electron chi connectivity index (χ4n) is 9.30. The molecule has 4 saturated heterocycles. The third-order valence-electron chi connectivity index (χ3n) is 11.7. The first-order valence-electron chi connectivity index (χ1n) is 19.4. The molecule has 4 fully saturated rings. The van der Waals surface area contributed by atoms with Gasteiger partial charge in [-0.1, -0.05) is 6.07 Å². The summed E-state index contributed by atoms with van der Waals surface area (Å²) in [5.74, 6) is -2.40. The summed E-state index contributed by atoms with van der Waals surface area (Å²) >= 11 is 0.593. The zero-order chi connectivity index (χ0) is 42.3. The summed E-state index contributed by atoms with van der Waals surface area (Å²) in [6, 6.07) is 3.36. The number of nitrogens with one attached hydrogen (secondary N) is 1. The molecule has 3 amide bonds. The number of amides is 3. The van der Waals surface area contributed by atoms with Crippen LogP contribution < -0.4 is 15.0 Å². The number of rotatable bonds is 8. The van der Waals surface area contributed by atoms with Gasteiger partial charge >= 0.3 is 24.3 Å². The number of aromatic nitrogens is 2. The normalized spacial score (nSPS) is 23.3. The number of halogens is 6. The number of thiophene rings is 1. The lowest BCUT2D eigenvalue weighted by atomic mass is 9.92. The van der Waals surface area contributed by atoms with Crippen molar-refractivity contribution in [2.24, 2.45) is 0 Å². The molecule has 0 bridgehead atoms. The highest BCUT2D eigenvalue weighted by molar-refractivity contribution is 7.23. The predicted octanol–water partition coefficient (Wildman–Crippen LogP) is 8.32. The van der Waals surface area contributed by atoms with Gasteiger partial charge in [-0.05, 0) is 71.2 Å². The van der Waals surface area contributed by atoms with Crippen molar-refractivity contribution in [3.8, 4) is 23.2 Å². The van der Waals surface area contributed by atoms with Gasteiger partial charge in [-0.3, -0.25) is 10.2 Å². The average Bonchev–Trinajstić information content (AvgIpc) is 3.95. The first-order chi connectivity index (χ1) is 27.8. The molecule has 4 aliphatic heterocycles. The van der Waals surface area contributed by atoms with Crippen LogP contribution in [0.1, 0.15) is 64.5 Å². The number of alkyl halides is 4. The second-order valence-corrected chi connectivity index (χ2v) is 17.7. The Labute approximate surface area is 339 Å². The average molecular weight is 845 g/mol. The molecule has 1 N–H and O–H groups in total. The molecule has 19 heteroatoms. The van der Waals surface area contributed by atoms with Crippen molar-refractivity contribution < 1.29 is 45.4 Å². The Morgan fingerprint density at radius 1 is 1.17 bits per heavy atom. The number of carbonyl (C=O) groups is 2. The van der Waals surface area contributed by atoms with Gasteiger partial charge in [-0.2, -0.15) is 28.4 Å². The van der Waals surface area contributed by atoms with Crippen molar-refractivity contribution in [3.63, 3.8) is 0 Å². The zero-order valence-electron chi connectivity index (χ0n) is 33.0. The minimum Gasteiger partial charge on any atom is -0.461 e. The molecule has 12 nitrogen and oxygen atoms in total. The number of fused-ring (bicyclic) bond motifs is 4. The summed E-state index contributed by atoms with van der Waals surface area (Å²) in [4.78, 5) is 41.7. The van der Waals surface area contributed by atoms with Crippen molar-refractivity contribution in [1.82, 2.24) is 24.7 Å². The zero-order valence-corrected chi connectivity index (χ0v) is 33.8. The summed E-state index contributed by atoms with van der Waals surface area (Å²) in [7, 11) is 1.69. The van der Waals surface area contributed by atoms with Gasteiger partial charge in [0.2, 0.25) is 0 Å². The third-order valence-corrected chi connectivity index (χ3v) is 12.8. The molecule has 59 heavy (non-hydrogen) atoms. The Kier molecular flexibility index (Phi) is 10.0. The summed E-state index contributed by atoms with van der Waals surface area (Å²) < 4.78 is 105. The van der Waals surface area contributed by atoms with Crippen LogP contribution in [-0.4, -0.2) is 113 Å². The number of hydrogen-bond acceptors (Lipinski definition) is 10. The number of nitriles is 1. The van der Waals surface area contributed by atoms with Crippen LogP contribution in [0.2, 0.25) is 0 Å². The molecular formula is C40H42F6N8O4S. The van der Waals surface area contributed by atoms with Gasteiger partial charge < -0.3 is 24.2 Å². The second kappa shape index (κ2) is 14.6. The number of ether oxygens (including phenoxy) is 2. The van der Waals surface area contributed by atoms with Crippen LogP contribution in [-0.2, 0) is 10.9 Å². The van der Waals surface area contributed by atoms with E-state index in [4.69, 9.17) is 9.47 Å². The number of benzene rings is 2. The monoisotopic (exact) mass is 844 g/mol. The summed E-state index contributed by atoms with van der Waals surface area (Å²) in [5, 5.41) is 11.8. The van der Waals surface area contributed by atoms with Crippen LogP contribution in [0, 0.1) is 23.0 Å². The maximum atomic E-state index is 17.6. The lowest BCUT2D eigenvalue weighted by molar-refractivity contribution is -0.137. The minimum atomic E-state index is -5.20.